The van der Waals surface area contributed by atoms with Crippen molar-refractivity contribution in [3.05, 3.63) is 23.7 Å². The molecular weight excluding hydrogens is 268 g/mol. The SMILES string of the molecule is Cc1ccc(CN(C)C(=O)CN2CCC(C(C)O)CC2)o1. The Morgan fingerprint density at radius 3 is 2.67 bits per heavy atom. The highest BCUT2D eigenvalue weighted by Gasteiger charge is 2.24. The van der Waals surface area contributed by atoms with Crippen LogP contribution in [0.2, 0.25) is 0 Å². The largest absolute Gasteiger partial charge is 0.464 e. The summed E-state index contributed by atoms with van der Waals surface area (Å²) in [5.41, 5.74) is 0. The van der Waals surface area contributed by atoms with Gasteiger partial charge in [-0.1, -0.05) is 0 Å². The second-order valence-electron chi connectivity index (χ2n) is 6.12. The molecule has 118 valence electrons. The van der Waals surface area contributed by atoms with Crippen LogP contribution in [-0.4, -0.2) is 53.6 Å². The molecule has 1 amide bonds. The van der Waals surface area contributed by atoms with Crippen LogP contribution in [0, 0.1) is 12.8 Å². The number of nitrogens with zero attached hydrogens (tertiary/aromatic N) is 2. The van der Waals surface area contributed by atoms with Crippen molar-refractivity contribution in [3.8, 4) is 0 Å². The zero-order valence-corrected chi connectivity index (χ0v) is 13.2. The second-order valence-corrected chi connectivity index (χ2v) is 6.12. The molecule has 0 radical (unpaired) electrons. The van der Waals surface area contributed by atoms with Crippen LogP contribution in [0.15, 0.2) is 16.5 Å². The lowest BCUT2D eigenvalue weighted by molar-refractivity contribution is -0.132. The second kappa shape index (κ2) is 7.09. The first kappa shape index (κ1) is 16.0. The number of likely N-dealkylation sites (tertiary alicyclic amines) is 1. The number of piperidine rings is 1. The Morgan fingerprint density at radius 2 is 2.14 bits per heavy atom. The molecular formula is C16H26N2O3. The Labute approximate surface area is 126 Å². The Hall–Kier alpha value is -1.33. The summed E-state index contributed by atoms with van der Waals surface area (Å²) in [6, 6.07) is 3.82. The Bertz CT molecular complexity index is 462. The van der Waals surface area contributed by atoms with Gasteiger partial charge in [-0.25, -0.2) is 0 Å². The summed E-state index contributed by atoms with van der Waals surface area (Å²) >= 11 is 0. The molecule has 1 unspecified atom stereocenters. The summed E-state index contributed by atoms with van der Waals surface area (Å²) in [5, 5.41) is 9.60. The summed E-state index contributed by atoms with van der Waals surface area (Å²) in [5.74, 6) is 2.17. The van der Waals surface area contributed by atoms with Gasteiger partial charge in [0.1, 0.15) is 11.5 Å². The minimum absolute atomic E-state index is 0.111. The van der Waals surface area contributed by atoms with Crippen molar-refractivity contribution in [2.75, 3.05) is 26.7 Å². The number of furan rings is 1. The van der Waals surface area contributed by atoms with Crippen LogP contribution < -0.4 is 0 Å². The van der Waals surface area contributed by atoms with Crippen molar-refractivity contribution < 1.29 is 14.3 Å². The third-order valence-electron chi connectivity index (χ3n) is 4.29. The van der Waals surface area contributed by atoms with Crippen molar-refractivity contribution in [3.63, 3.8) is 0 Å². The molecule has 1 atom stereocenters. The number of hydrogen-bond acceptors (Lipinski definition) is 4. The molecule has 1 aliphatic heterocycles. The summed E-state index contributed by atoms with van der Waals surface area (Å²) in [6.45, 7) is 6.48. The van der Waals surface area contributed by atoms with E-state index in [9.17, 15) is 9.90 Å². The molecule has 1 aromatic heterocycles. The Balaban J connectivity index is 1.76. The molecule has 1 fully saturated rings. The molecule has 5 heteroatoms. The molecule has 1 saturated heterocycles. The molecule has 1 N–H and O–H groups in total. The third-order valence-corrected chi connectivity index (χ3v) is 4.29. The van der Waals surface area contributed by atoms with E-state index in [1.54, 1.807) is 4.90 Å². The van der Waals surface area contributed by atoms with Gasteiger partial charge in [-0.15, -0.1) is 0 Å². The zero-order valence-electron chi connectivity index (χ0n) is 13.2. The minimum Gasteiger partial charge on any atom is -0.464 e. The van der Waals surface area contributed by atoms with Gasteiger partial charge < -0.3 is 14.4 Å². The number of carbonyl (C=O) groups excluding carboxylic acids is 1. The van der Waals surface area contributed by atoms with E-state index in [2.05, 4.69) is 4.90 Å². The fourth-order valence-electron chi connectivity index (χ4n) is 2.80. The van der Waals surface area contributed by atoms with Crippen LogP contribution in [0.5, 0.6) is 0 Å². The molecule has 1 aliphatic rings. The van der Waals surface area contributed by atoms with Crippen LogP contribution in [0.1, 0.15) is 31.3 Å². The molecule has 0 aliphatic carbocycles. The van der Waals surface area contributed by atoms with Gasteiger partial charge in [0.15, 0.2) is 0 Å². The van der Waals surface area contributed by atoms with E-state index in [1.165, 1.54) is 0 Å². The number of amides is 1. The topological polar surface area (TPSA) is 56.9 Å². The van der Waals surface area contributed by atoms with Gasteiger partial charge in [-0.2, -0.15) is 0 Å². The lowest BCUT2D eigenvalue weighted by Crippen LogP contribution is -2.43. The van der Waals surface area contributed by atoms with Crippen LogP contribution in [-0.2, 0) is 11.3 Å². The van der Waals surface area contributed by atoms with Crippen molar-refractivity contribution in [2.24, 2.45) is 5.92 Å². The number of carbonyl (C=O) groups is 1. The predicted molar refractivity (Wildman–Crippen MR) is 80.8 cm³/mol. The molecule has 2 heterocycles. The molecule has 0 bridgehead atoms. The maximum absolute atomic E-state index is 12.2. The molecule has 0 saturated carbocycles. The maximum Gasteiger partial charge on any atom is 0.236 e. The first-order valence-electron chi connectivity index (χ1n) is 7.65. The summed E-state index contributed by atoms with van der Waals surface area (Å²) in [4.78, 5) is 16.1. The van der Waals surface area contributed by atoms with Crippen LogP contribution in [0.25, 0.3) is 0 Å². The van der Waals surface area contributed by atoms with Gasteiger partial charge in [0, 0.05) is 7.05 Å². The minimum atomic E-state index is -0.243. The normalized spacial score (nSPS) is 18.7. The molecule has 2 rings (SSSR count). The standard InChI is InChI=1S/C16H26N2O3/c1-12-4-5-15(21-12)10-17(3)16(20)11-18-8-6-14(7-9-18)13(2)19/h4-5,13-14,19H,6-11H2,1-3H3. The van der Waals surface area contributed by atoms with E-state index in [0.29, 0.717) is 19.0 Å². The van der Waals surface area contributed by atoms with Gasteiger partial charge in [0.05, 0.1) is 19.2 Å². The number of rotatable bonds is 5. The van der Waals surface area contributed by atoms with E-state index >= 15 is 0 Å². The van der Waals surface area contributed by atoms with Gasteiger partial charge in [-0.3, -0.25) is 9.69 Å². The molecule has 21 heavy (non-hydrogen) atoms. The van der Waals surface area contributed by atoms with E-state index < -0.39 is 0 Å². The van der Waals surface area contributed by atoms with E-state index in [4.69, 9.17) is 4.42 Å². The number of aryl methyl sites for hydroxylation is 1. The van der Waals surface area contributed by atoms with E-state index in [0.717, 1.165) is 37.5 Å². The highest BCUT2D eigenvalue weighted by molar-refractivity contribution is 5.77. The van der Waals surface area contributed by atoms with Crippen molar-refractivity contribution in [1.82, 2.24) is 9.80 Å². The Kier molecular flexibility index (Phi) is 5.42. The first-order valence-corrected chi connectivity index (χ1v) is 7.65. The lowest BCUT2D eigenvalue weighted by atomic mass is 9.92. The van der Waals surface area contributed by atoms with Crippen molar-refractivity contribution >= 4 is 5.91 Å². The van der Waals surface area contributed by atoms with E-state index in [1.807, 2.05) is 33.0 Å². The molecule has 1 aromatic rings. The third kappa shape index (κ3) is 4.58. The summed E-state index contributed by atoms with van der Waals surface area (Å²) < 4.78 is 5.50. The number of aliphatic hydroxyl groups is 1. The molecule has 0 spiro atoms. The highest BCUT2D eigenvalue weighted by atomic mass is 16.3. The fourth-order valence-corrected chi connectivity index (χ4v) is 2.80. The first-order chi connectivity index (χ1) is 9.95. The molecule has 0 aromatic carbocycles. The van der Waals surface area contributed by atoms with Crippen molar-refractivity contribution in [1.29, 1.82) is 0 Å². The smallest absolute Gasteiger partial charge is 0.236 e. The van der Waals surface area contributed by atoms with Crippen LogP contribution in [0.3, 0.4) is 0 Å². The lowest BCUT2D eigenvalue weighted by Gasteiger charge is -2.33. The number of likely N-dealkylation sites (N-methyl/N-ethyl adjacent to an activating group) is 1. The van der Waals surface area contributed by atoms with E-state index in [-0.39, 0.29) is 12.0 Å². The zero-order chi connectivity index (χ0) is 15.4. The van der Waals surface area contributed by atoms with Gasteiger partial charge in [-0.05, 0) is 57.8 Å². The predicted octanol–water partition coefficient (Wildman–Crippen LogP) is 1.64. The summed E-state index contributed by atoms with van der Waals surface area (Å²) in [7, 11) is 1.81. The number of hydrogen-bond donors (Lipinski definition) is 1. The number of aliphatic hydroxyl groups excluding tert-OH is 1. The van der Waals surface area contributed by atoms with Crippen molar-refractivity contribution in [2.45, 2.75) is 39.3 Å². The van der Waals surface area contributed by atoms with Gasteiger partial charge in [0.2, 0.25) is 5.91 Å². The van der Waals surface area contributed by atoms with Crippen LogP contribution in [0.4, 0.5) is 0 Å². The Morgan fingerprint density at radius 1 is 1.48 bits per heavy atom. The van der Waals surface area contributed by atoms with Crippen LogP contribution >= 0.6 is 0 Å². The molecule has 5 nitrogen and oxygen atoms in total. The average Bonchev–Trinajstić information content (AvgIpc) is 2.84. The quantitative estimate of drug-likeness (QED) is 0.897. The monoisotopic (exact) mass is 294 g/mol. The van der Waals surface area contributed by atoms with Gasteiger partial charge >= 0.3 is 0 Å². The maximum atomic E-state index is 12.2. The fraction of sp³-hybridized carbons (Fsp3) is 0.688. The van der Waals surface area contributed by atoms with Gasteiger partial charge in [0.25, 0.3) is 0 Å². The summed E-state index contributed by atoms with van der Waals surface area (Å²) in [6.07, 6.45) is 1.69. The highest BCUT2D eigenvalue weighted by Crippen LogP contribution is 2.20. The average molecular weight is 294 g/mol.